The van der Waals surface area contributed by atoms with E-state index in [0.29, 0.717) is 23.0 Å². The molecular formula is C20H18O2. The van der Waals surface area contributed by atoms with Gasteiger partial charge in [0.05, 0.1) is 0 Å². The molecule has 5 aliphatic carbocycles. The van der Waals surface area contributed by atoms with Gasteiger partial charge in [0.25, 0.3) is 0 Å². The molecule has 4 atom stereocenters. The van der Waals surface area contributed by atoms with Crippen molar-refractivity contribution in [1.82, 2.24) is 0 Å². The number of allylic oxidation sites excluding steroid dienone is 4. The summed E-state index contributed by atoms with van der Waals surface area (Å²) in [5, 5.41) is 0. The number of carbonyl (C=O) groups is 2. The molecule has 0 heterocycles. The van der Waals surface area contributed by atoms with Crippen molar-refractivity contribution in [2.75, 3.05) is 0 Å². The molecule has 0 aliphatic heterocycles. The molecule has 0 N–H and O–H groups in total. The summed E-state index contributed by atoms with van der Waals surface area (Å²) >= 11 is 0. The lowest BCUT2D eigenvalue weighted by molar-refractivity contribution is 0.0710. The van der Waals surface area contributed by atoms with Crippen LogP contribution in [0.15, 0.2) is 47.6 Å². The normalized spacial score (nSPS) is 35.3. The van der Waals surface area contributed by atoms with E-state index in [1.165, 1.54) is 24.0 Å². The Bertz CT molecular complexity index is 705. The van der Waals surface area contributed by atoms with E-state index in [4.69, 9.17) is 0 Å². The van der Waals surface area contributed by atoms with E-state index in [9.17, 15) is 9.59 Å². The summed E-state index contributed by atoms with van der Waals surface area (Å²) in [6.45, 7) is 0. The van der Waals surface area contributed by atoms with Crippen LogP contribution in [0.5, 0.6) is 0 Å². The second-order valence-electron chi connectivity index (χ2n) is 7.12. The zero-order chi connectivity index (χ0) is 14.8. The summed E-state index contributed by atoms with van der Waals surface area (Å²) in [6.07, 6.45) is 8.72. The lowest BCUT2D eigenvalue weighted by Crippen LogP contribution is -2.42. The van der Waals surface area contributed by atoms with Crippen LogP contribution in [-0.4, -0.2) is 11.6 Å². The zero-order valence-corrected chi connectivity index (χ0v) is 12.4. The van der Waals surface area contributed by atoms with Crippen molar-refractivity contribution in [3.63, 3.8) is 0 Å². The second-order valence-corrected chi connectivity index (χ2v) is 7.12. The molecule has 0 amide bonds. The van der Waals surface area contributed by atoms with E-state index in [1.807, 2.05) is 24.3 Å². The number of carbonyl (C=O) groups excluding carboxylic acids is 2. The first-order valence-electron chi connectivity index (χ1n) is 8.31. The van der Waals surface area contributed by atoms with Gasteiger partial charge in [-0.1, -0.05) is 47.6 Å². The first kappa shape index (κ1) is 12.6. The van der Waals surface area contributed by atoms with Crippen molar-refractivity contribution < 1.29 is 9.59 Å². The summed E-state index contributed by atoms with van der Waals surface area (Å²) in [6, 6.07) is 7.37. The third-order valence-corrected chi connectivity index (χ3v) is 6.17. The van der Waals surface area contributed by atoms with E-state index in [0.717, 1.165) is 12.8 Å². The van der Waals surface area contributed by atoms with Crippen molar-refractivity contribution in [2.45, 2.75) is 25.7 Å². The number of hydrogen-bond donors (Lipinski definition) is 0. The van der Waals surface area contributed by atoms with Crippen molar-refractivity contribution >= 4 is 11.6 Å². The third kappa shape index (κ3) is 1.50. The average molecular weight is 290 g/mol. The van der Waals surface area contributed by atoms with E-state index in [1.54, 1.807) is 0 Å². The number of hydrogen-bond acceptors (Lipinski definition) is 2. The van der Waals surface area contributed by atoms with E-state index in [-0.39, 0.29) is 23.4 Å². The van der Waals surface area contributed by atoms with Gasteiger partial charge in [-0.05, 0) is 37.5 Å². The summed E-state index contributed by atoms with van der Waals surface area (Å²) in [5.74, 6) is 1.21. The molecule has 2 heteroatoms. The molecule has 0 saturated carbocycles. The van der Waals surface area contributed by atoms with Crippen LogP contribution < -0.4 is 0 Å². The molecule has 0 aromatic heterocycles. The summed E-state index contributed by atoms with van der Waals surface area (Å²) in [7, 11) is 0. The molecule has 0 fully saturated rings. The van der Waals surface area contributed by atoms with Gasteiger partial charge in [0.15, 0.2) is 11.6 Å². The van der Waals surface area contributed by atoms with Gasteiger partial charge < -0.3 is 0 Å². The van der Waals surface area contributed by atoms with Gasteiger partial charge in [0, 0.05) is 23.0 Å². The third-order valence-electron chi connectivity index (χ3n) is 6.17. The van der Waals surface area contributed by atoms with Gasteiger partial charge in [-0.15, -0.1) is 0 Å². The van der Waals surface area contributed by atoms with Gasteiger partial charge in [-0.2, -0.15) is 0 Å². The van der Waals surface area contributed by atoms with Crippen molar-refractivity contribution in [2.24, 2.45) is 23.7 Å². The fraction of sp³-hybridized carbons (Fsp3) is 0.400. The molecule has 1 aromatic carbocycles. The Balaban J connectivity index is 1.61. The lowest BCUT2D eigenvalue weighted by Gasteiger charge is -2.44. The summed E-state index contributed by atoms with van der Waals surface area (Å²) < 4.78 is 0. The van der Waals surface area contributed by atoms with Crippen LogP contribution in [0, 0.1) is 23.7 Å². The molecule has 5 aliphatic rings. The topological polar surface area (TPSA) is 34.1 Å². The van der Waals surface area contributed by atoms with Crippen LogP contribution in [0.3, 0.4) is 0 Å². The maximum Gasteiger partial charge on any atom is 0.167 e. The van der Waals surface area contributed by atoms with Gasteiger partial charge in [0.1, 0.15) is 0 Å². The van der Waals surface area contributed by atoms with Gasteiger partial charge in [-0.25, -0.2) is 0 Å². The Hall–Kier alpha value is -1.96. The van der Waals surface area contributed by atoms with Crippen LogP contribution in [0.4, 0.5) is 0 Å². The largest absolute Gasteiger partial charge is 0.294 e. The quantitative estimate of drug-likeness (QED) is 0.677. The Kier molecular flexibility index (Phi) is 2.45. The number of ketones is 2. The lowest BCUT2D eigenvalue weighted by atomic mass is 9.58. The van der Waals surface area contributed by atoms with Crippen LogP contribution in [0.25, 0.3) is 0 Å². The SMILES string of the molecule is O=C1c2ccccc2C(=O)[C@H]2CC3=C(C[C@H]12)[C@H]1C=C[C@H]3CC1. The minimum absolute atomic E-state index is 0.117. The van der Waals surface area contributed by atoms with Crippen molar-refractivity contribution in [1.29, 1.82) is 0 Å². The predicted molar refractivity (Wildman–Crippen MR) is 83.7 cm³/mol. The monoisotopic (exact) mass is 290 g/mol. The fourth-order valence-electron chi connectivity index (χ4n) is 5.06. The highest BCUT2D eigenvalue weighted by molar-refractivity contribution is 6.16. The molecule has 0 unspecified atom stereocenters. The molecular weight excluding hydrogens is 272 g/mol. The molecule has 6 rings (SSSR count). The minimum atomic E-state index is -0.117. The first-order chi connectivity index (χ1) is 10.7. The average Bonchev–Trinajstić information content (AvgIpc) is 2.59. The Morgan fingerprint density at radius 2 is 1.18 bits per heavy atom. The Morgan fingerprint density at radius 3 is 1.59 bits per heavy atom. The molecule has 0 saturated heterocycles. The summed E-state index contributed by atoms with van der Waals surface area (Å²) in [5.41, 5.74) is 4.27. The predicted octanol–water partition coefficient (Wildman–Crippen LogP) is 3.98. The van der Waals surface area contributed by atoms with Gasteiger partial charge in [0.2, 0.25) is 0 Å². The molecule has 2 bridgehead atoms. The molecule has 1 aromatic rings. The highest BCUT2D eigenvalue weighted by Gasteiger charge is 2.47. The molecule has 0 spiro atoms. The first-order valence-corrected chi connectivity index (χ1v) is 8.31. The number of fused-ring (bicyclic) bond motifs is 3. The number of rotatable bonds is 0. The molecule has 2 nitrogen and oxygen atoms in total. The van der Waals surface area contributed by atoms with Crippen molar-refractivity contribution in [3.05, 3.63) is 58.7 Å². The highest BCUT2D eigenvalue weighted by atomic mass is 16.1. The number of benzene rings is 1. The maximum absolute atomic E-state index is 12.9. The molecule has 110 valence electrons. The Morgan fingerprint density at radius 1 is 0.727 bits per heavy atom. The number of Topliss-reactive ketones (excluding diaryl/α,β-unsaturated/α-hetero) is 2. The fourth-order valence-corrected chi connectivity index (χ4v) is 5.06. The maximum atomic E-state index is 12.9. The molecule has 22 heavy (non-hydrogen) atoms. The molecule has 0 radical (unpaired) electrons. The highest BCUT2D eigenvalue weighted by Crippen LogP contribution is 2.52. The van der Waals surface area contributed by atoms with E-state index in [2.05, 4.69) is 12.2 Å². The van der Waals surface area contributed by atoms with Gasteiger partial charge >= 0.3 is 0 Å². The minimum Gasteiger partial charge on any atom is -0.294 e. The van der Waals surface area contributed by atoms with Crippen LogP contribution >= 0.6 is 0 Å². The van der Waals surface area contributed by atoms with Crippen molar-refractivity contribution in [3.8, 4) is 0 Å². The van der Waals surface area contributed by atoms with Crippen LogP contribution in [0.1, 0.15) is 46.4 Å². The second kappa shape index (κ2) is 4.28. The summed E-state index contributed by atoms with van der Waals surface area (Å²) in [4.78, 5) is 25.8. The van der Waals surface area contributed by atoms with Gasteiger partial charge in [-0.3, -0.25) is 9.59 Å². The van der Waals surface area contributed by atoms with E-state index >= 15 is 0 Å². The van der Waals surface area contributed by atoms with E-state index < -0.39 is 0 Å². The standard InChI is InChI=1S/C20H18O2/c21-19-13-3-1-2-4-14(13)20(22)18-10-16-12-7-5-11(6-8-12)15(16)9-17(18)19/h1-5,7,11-12,17-18H,6,8-10H2/t11-,12-,17-,18-/m0/s1. The Labute approximate surface area is 129 Å². The van der Waals surface area contributed by atoms with Crippen LogP contribution in [0.2, 0.25) is 0 Å². The van der Waals surface area contributed by atoms with Crippen LogP contribution in [-0.2, 0) is 0 Å². The zero-order valence-electron chi connectivity index (χ0n) is 12.4. The smallest absolute Gasteiger partial charge is 0.167 e.